The molecule has 0 aromatic heterocycles. The summed E-state index contributed by atoms with van der Waals surface area (Å²) in [7, 11) is -3.29. The quantitative estimate of drug-likeness (QED) is 0.357. The van der Waals surface area contributed by atoms with Crippen molar-refractivity contribution in [3.63, 3.8) is 0 Å². The second-order valence-corrected chi connectivity index (χ2v) is 6.97. The summed E-state index contributed by atoms with van der Waals surface area (Å²) in [5, 5.41) is 0. The summed E-state index contributed by atoms with van der Waals surface area (Å²) in [6.07, 6.45) is 14.7. The average molecular weight is 304 g/mol. The zero-order valence-corrected chi connectivity index (χ0v) is 15.7. The minimum Gasteiger partial charge on any atom is -0.264 e. The van der Waals surface area contributed by atoms with Gasteiger partial charge < -0.3 is 0 Å². The molecule has 0 saturated heterocycles. The SMILES string of the molecule is CCCCCCCCCCC[CH2][Na].COS(=O)(=O)O. The number of hydrogen-bond donors (Lipinski definition) is 1. The Morgan fingerprint density at radius 2 is 1.21 bits per heavy atom. The van der Waals surface area contributed by atoms with E-state index in [0.29, 0.717) is 0 Å². The summed E-state index contributed by atoms with van der Waals surface area (Å²) in [5.41, 5.74) is 0. The topological polar surface area (TPSA) is 63.6 Å². The Kier molecular flexibility index (Phi) is 19.7. The van der Waals surface area contributed by atoms with Gasteiger partial charge in [-0.1, -0.05) is 0 Å². The molecule has 0 aliphatic carbocycles. The number of hydrogen-bond acceptors (Lipinski definition) is 3. The standard InChI is InChI=1S/C12H25.CH4O4S.Na/c1-3-5-7-9-11-12-10-8-6-4-2;1-5-6(2,3)4;/h1,3-12H2,2H3;1H3,(H,2,3,4);. The summed E-state index contributed by atoms with van der Waals surface area (Å²) in [5.74, 6) is 0. The zero-order valence-electron chi connectivity index (χ0n) is 12.9. The van der Waals surface area contributed by atoms with Gasteiger partial charge in [0.15, 0.2) is 0 Å². The van der Waals surface area contributed by atoms with Crippen molar-refractivity contribution >= 4 is 38.3 Å². The van der Waals surface area contributed by atoms with E-state index < -0.39 is 10.4 Å². The van der Waals surface area contributed by atoms with Gasteiger partial charge in [-0.2, -0.15) is 8.42 Å². The molecule has 0 unspecified atom stereocenters. The summed E-state index contributed by atoms with van der Waals surface area (Å²) < 4.78 is 31.2. The third-order valence-corrected chi connectivity index (χ3v) is 4.05. The fourth-order valence-corrected chi connectivity index (χ4v) is 2.24. The molecule has 6 heteroatoms. The van der Waals surface area contributed by atoms with Crippen LogP contribution in [0.25, 0.3) is 0 Å². The first-order valence-corrected chi connectivity index (χ1v) is 10.3. The Morgan fingerprint density at radius 1 is 0.895 bits per heavy atom. The van der Waals surface area contributed by atoms with Gasteiger partial charge in [-0.25, -0.2) is 0 Å². The Labute approximate surface area is 137 Å². The molecule has 0 heterocycles. The molecular weight excluding hydrogens is 275 g/mol. The van der Waals surface area contributed by atoms with E-state index in [2.05, 4.69) is 11.1 Å². The molecule has 19 heavy (non-hydrogen) atoms. The number of unbranched alkanes of at least 4 members (excludes halogenated alkanes) is 9. The predicted molar refractivity (Wildman–Crippen MR) is 81.0 cm³/mol. The molecule has 1 N–H and O–H groups in total. The van der Waals surface area contributed by atoms with E-state index in [1.54, 1.807) is 0 Å². The summed E-state index contributed by atoms with van der Waals surface area (Å²) in [4.78, 5) is 0. The molecule has 112 valence electrons. The van der Waals surface area contributed by atoms with Crippen LogP contribution in [0.2, 0.25) is 3.67 Å². The van der Waals surface area contributed by atoms with E-state index in [1.165, 1.54) is 95.8 Å². The van der Waals surface area contributed by atoms with Crippen molar-refractivity contribution in [2.24, 2.45) is 0 Å². The van der Waals surface area contributed by atoms with Gasteiger partial charge in [-0.3, -0.25) is 8.74 Å². The first-order chi connectivity index (χ1) is 8.97. The van der Waals surface area contributed by atoms with E-state index in [9.17, 15) is 8.42 Å². The minimum atomic E-state index is -4.16. The van der Waals surface area contributed by atoms with Crippen molar-refractivity contribution in [2.45, 2.75) is 74.8 Å². The van der Waals surface area contributed by atoms with Crippen LogP contribution in [0.5, 0.6) is 0 Å². The second-order valence-electron chi connectivity index (χ2n) is 4.78. The van der Waals surface area contributed by atoms with E-state index in [-0.39, 0.29) is 0 Å². The molecule has 0 bridgehead atoms. The van der Waals surface area contributed by atoms with Crippen LogP contribution in [0.3, 0.4) is 0 Å². The van der Waals surface area contributed by atoms with Gasteiger partial charge in [-0.05, 0) is 0 Å². The first kappa shape index (κ1) is 22.2. The molecule has 0 atom stereocenters. The molecule has 0 radical (unpaired) electrons. The van der Waals surface area contributed by atoms with Crippen molar-refractivity contribution in [1.29, 1.82) is 0 Å². The van der Waals surface area contributed by atoms with Crippen molar-refractivity contribution in [3.05, 3.63) is 0 Å². The van der Waals surface area contributed by atoms with Gasteiger partial charge >= 0.3 is 113 Å². The fourth-order valence-electron chi connectivity index (χ4n) is 1.74. The smallest absolute Gasteiger partial charge is 0.264 e. The third-order valence-electron chi connectivity index (χ3n) is 2.92. The number of rotatable bonds is 11. The zero-order chi connectivity index (χ0) is 15.0. The maximum atomic E-state index is 9.33. The third kappa shape index (κ3) is 27.9. The molecular formula is C13H29NaO4S. The molecule has 0 aromatic carbocycles. The van der Waals surface area contributed by atoms with Crippen molar-refractivity contribution in [2.75, 3.05) is 7.11 Å². The van der Waals surface area contributed by atoms with Gasteiger partial charge in [0.1, 0.15) is 0 Å². The van der Waals surface area contributed by atoms with Crippen LogP contribution in [0.15, 0.2) is 0 Å². The molecule has 0 fully saturated rings. The van der Waals surface area contributed by atoms with Gasteiger partial charge in [0.25, 0.3) is 0 Å². The fraction of sp³-hybridized carbons (Fsp3) is 1.00. The summed E-state index contributed by atoms with van der Waals surface area (Å²) >= 11 is 1.41. The Balaban J connectivity index is 0. The van der Waals surface area contributed by atoms with Crippen molar-refractivity contribution in [1.82, 2.24) is 0 Å². The molecule has 0 rings (SSSR count). The normalized spacial score (nSPS) is 11.0. The predicted octanol–water partition coefficient (Wildman–Crippen LogP) is 3.93. The van der Waals surface area contributed by atoms with E-state index in [0.717, 1.165) is 7.11 Å². The molecule has 0 saturated carbocycles. The van der Waals surface area contributed by atoms with Gasteiger partial charge in [-0.15, -0.1) is 0 Å². The van der Waals surface area contributed by atoms with Crippen LogP contribution in [-0.4, -0.2) is 48.0 Å². The monoisotopic (exact) mass is 304 g/mol. The summed E-state index contributed by atoms with van der Waals surface area (Å²) in [6, 6.07) is 0. The largest absolute Gasteiger partial charge is 0.397 e. The van der Waals surface area contributed by atoms with Crippen LogP contribution in [0.4, 0.5) is 0 Å². The van der Waals surface area contributed by atoms with Crippen LogP contribution in [0.1, 0.15) is 71.1 Å². The average Bonchev–Trinajstić information content (AvgIpc) is 2.37. The van der Waals surface area contributed by atoms with Crippen LogP contribution in [0, 0.1) is 0 Å². The van der Waals surface area contributed by atoms with Gasteiger partial charge in [0, 0.05) is 0 Å². The minimum absolute atomic E-state index is 0.870. The first-order valence-electron chi connectivity index (χ1n) is 7.51. The van der Waals surface area contributed by atoms with E-state index >= 15 is 0 Å². The molecule has 0 aromatic rings. The maximum Gasteiger partial charge on any atom is 0.397 e. The van der Waals surface area contributed by atoms with Gasteiger partial charge in [0.05, 0.1) is 7.11 Å². The van der Waals surface area contributed by atoms with E-state index in [4.69, 9.17) is 4.55 Å². The Bertz CT molecular complexity index is 245. The summed E-state index contributed by atoms with van der Waals surface area (Å²) in [6.45, 7) is 2.29. The van der Waals surface area contributed by atoms with Crippen molar-refractivity contribution in [3.8, 4) is 0 Å². The molecule has 4 nitrogen and oxygen atoms in total. The van der Waals surface area contributed by atoms with Crippen molar-refractivity contribution < 1.29 is 17.2 Å². The Hall–Kier alpha value is 0.870. The molecule has 0 aliphatic heterocycles. The van der Waals surface area contributed by atoms with Crippen LogP contribution >= 0.6 is 0 Å². The molecule has 0 aliphatic rings. The molecule has 0 spiro atoms. The van der Waals surface area contributed by atoms with Crippen LogP contribution in [-0.2, 0) is 14.6 Å². The van der Waals surface area contributed by atoms with Crippen LogP contribution < -0.4 is 0 Å². The van der Waals surface area contributed by atoms with E-state index in [1.807, 2.05) is 0 Å². The second kappa shape index (κ2) is 16.9. The Morgan fingerprint density at radius 3 is 1.47 bits per heavy atom. The molecule has 0 amide bonds. The van der Waals surface area contributed by atoms with Gasteiger partial charge in [0.2, 0.25) is 0 Å². The maximum absolute atomic E-state index is 9.33.